The molecular formula is C17H28N4O6. The summed E-state index contributed by atoms with van der Waals surface area (Å²) in [6.45, 7) is 5.97. The molecule has 0 bridgehead atoms. The van der Waals surface area contributed by atoms with Crippen LogP contribution in [0.5, 0.6) is 0 Å². The average Bonchev–Trinajstić information content (AvgIpc) is 2.77. The van der Waals surface area contributed by atoms with Gasteiger partial charge in [0.15, 0.2) is 6.61 Å². The molecule has 1 aliphatic rings. The van der Waals surface area contributed by atoms with Gasteiger partial charge in [-0.1, -0.05) is 26.7 Å². The third kappa shape index (κ3) is 6.22. The van der Waals surface area contributed by atoms with Crippen LogP contribution in [0.15, 0.2) is 0 Å². The zero-order chi connectivity index (χ0) is 20.6. The van der Waals surface area contributed by atoms with Gasteiger partial charge in [0.2, 0.25) is 0 Å². The third-order valence-electron chi connectivity index (χ3n) is 3.92. The quantitative estimate of drug-likeness (QED) is 0.395. The first kappa shape index (κ1) is 22.4. The number of hydrogen-bond donors (Lipinski definition) is 3. The van der Waals surface area contributed by atoms with E-state index in [1.54, 1.807) is 13.8 Å². The maximum Gasteiger partial charge on any atom is 0.326 e. The highest BCUT2D eigenvalue weighted by Gasteiger charge is 2.50. The molecule has 0 spiro atoms. The molecule has 0 aromatic rings. The number of carbonyl (C=O) groups is 5. The van der Waals surface area contributed by atoms with Crippen molar-refractivity contribution in [3.05, 3.63) is 0 Å². The summed E-state index contributed by atoms with van der Waals surface area (Å²) in [6.07, 6.45) is 2.35. The highest BCUT2D eigenvalue weighted by atomic mass is 16.5. The molecular weight excluding hydrogens is 356 g/mol. The first-order valence-electron chi connectivity index (χ1n) is 9.05. The van der Waals surface area contributed by atoms with Gasteiger partial charge in [-0.2, -0.15) is 0 Å². The summed E-state index contributed by atoms with van der Waals surface area (Å²) in [6, 6.07) is -1.52. The van der Waals surface area contributed by atoms with Gasteiger partial charge in [0, 0.05) is 6.04 Å². The molecule has 0 aliphatic carbocycles. The van der Waals surface area contributed by atoms with E-state index >= 15 is 0 Å². The number of rotatable bonds is 9. The van der Waals surface area contributed by atoms with Crippen molar-refractivity contribution < 1.29 is 28.7 Å². The number of ether oxygens (including phenoxy) is 1. The molecule has 1 heterocycles. The Morgan fingerprint density at radius 2 is 1.74 bits per heavy atom. The SMILES string of the molecule is CCCC1(CCC)NC(=O)N(CC(=O)OCC(=O)NC(=O)NC(C)C)C1=O. The van der Waals surface area contributed by atoms with Gasteiger partial charge in [0.05, 0.1) is 0 Å². The molecule has 1 rings (SSSR count). The van der Waals surface area contributed by atoms with Gasteiger partial charge >= 0.3 is 18.0 Å². The molecule has 3 N–H and O–H groups in total. The van der Waals surface area contributed by atoms with Gasteiger partial charge in [0.25, 0.3) is 11.8 Å². The summed E-state index contributed by atoms with van der Waals surface area (Å²) < 4.78 is 4.75. The van der Waals surface area contributed by atoms with Crippen LogP contribution in [0.3, 0.4) is 0 Å². The lowest BCUT2D eigenvalue weighted by Crippen LogP contribution is -2.47. The zero-order valence-corrected chi connectivity index (χ0v) is 16.2. The first-order valence-corrected chi connectivity index (χ1v) is 9.05. The van der Waals surface area contributed by atoms with E-state index in [1.807, 2.05) is 19.2 Å². The van der Waals surface area contributed by atoms with Crippen LogP contribution in [0.1, 0.15) is 53.4 Å². The van der Waals surface area contributed by atoms with Crippen LogP contribution in [0.25, 0.3) is 0 Å². The van der Waals surface area contributed by atoms with E-state index in [4.69, 9.17) is 4.74 Å². The summed E-state index contributed by atoms with van der Waals surface area (Å²) in [5.41, 5.74) is -0.993. The number of amides is 6. The van der Waals surface area contributed by atoms with Crippen LogP contribution >= 0.6 is 0 Å². The Bertz CT molecular complexity index is 598. The Morgan fingerprint density at radius 1 is 1.15 bits per heavy atom. The van der Waals surface area contributed by atoms with Crippen molar-refractivity contribution in [3.63, 3.8) is 0 Å². The van der Waals surface area contributed by atoms with Gasteiger partial charge in [-0.05, 0) is 26.7 Å². The summed E-state index contributed by atoms with van der Waals surface area (Å²) in [5, 5.41) is 7.13. The van der Waals surface area contributed by atoms with Crippen molar-refractivity contribution in [2.75, 3.05) is 13.2 Å². The molecule has 10 nitrogen and oxygen atoms in total. The smallest absolute Gasteiger partial charge is 0.326 e. The largest absolute Gasteiger partial charge is 0.454 e. The molecule has 0 saturated carbocycles. The minimum Gasteiger partial charge on any atom is -0.454 e. The van der Waals surface area contributed by atoms with Crippen molar-refractivity contribution in [3.8, 4) is 0 Å². The number of carbonyl (C=O) groups excluding carboxylic acids is 5. The van der Waals surface area contributed by atoms with Crippen LogP contribution in [0, 0.1) is 0 Å². The summed E-state index contributed by atoms with van der Waals surface area (Å²) in [4.78, 5) is 60.4. The van der Waals surface area contributed by atoms with Gasteiger partial charge in [-0.3, -0.25) is 24.6 Å². The van der Waals surface area contributed by atoms with Crippen LogP contribution in [-0.4, -0.2) is 59.5 Å². The topological polar surface area (TPSA) is 134 Å². The lowest BCUT2D eigenvalue weighted by Gasteiger charge is -2.25. The summed E-state index contributed by atoms with van der Waals surface area (Å²) in [7, 11) is 0. The molecule has 0 atom stereocenters. The second-order valence-corrected chi connectivity index (χ2v) is 6.74. The van der Waals surface area contributed by atoms with Crippen molar-refractivity contribution in [2.45, 2.75) is 65.0 Å². The number of hydrogen-bond acceptors (Lipinski definition) is 6. The van der Waals surface area contributed by atoms with E-state index in [0.29, 0.717) is 25.7 Å². The molecule has 1 aliphatic heterocycles. The second-order valence-electron chi connectivity index (χ2n) is 6.74. The van der Waals surface area contributed by atoms with Gasteiger partial charge in [-0.25, -0.2) is 9.59 Å². The predicted octanol–water partition coefficient (Wildman–Crippen LogP) is 0.655. The monoisotopic (exact) mass is 384 g/mol. The highest BCUT2D eigenvalue weighted by Crippen LogP contribution is 2.27. The molecule has 152 valence electrons. The fraction of sp³-hybridized carbons (Fsp3) is 0.706. The lowest BCUT2D eigenvalue weighted by atomic mass is 9.88. The Balaban J connectivity index is 2.56. The molecule has 0 aromatic heterocycles. The van der Waals surface area contributed by atoms with Gasteiger partial charge < -0.3 is 15.4 Å². The number of nitrogens with zero attached hydrogens (tertiary/aromatic N) is 1. The van der Waals surface area contributed by atoms with E-state index in [2.05, 4.69) is 10.6 Å². The van der Waals surface area contributed by atoms with Crippen LogP contribution in [0.4, 0.5) is 9.59 Å². The fourth-order valence-corrected chi connectivity index (χ4v) is 2.92. The average molecular weight is 384 g/mol. The molecule has 0 radical (unpaired) electrons. The summed E-state index contributed by atoms with van der Waals surface area (Å²) >= 11 is 0. The van der Waals surface area contributed by atoms with Crippen LogP contribution in [0.2, 0.25) is 0 Å². The Hall–Kier alpha value is -2.65. The Morgan fingerprint density at radius 3 is 2.26 bits per heavy atom. The lowest BCUT2D eigenvalue weighted by molar-refractivity contribution is -0.151. The number of esters is 1. The molecule has 0 aromatic carbocycles. The second kappa shape index (κ2) is 9.89. The van der Waals surface area contributed by atoms with E-state index in [9.17, 15) is 24.0 Å². The van der Waals surface area contributed by atoms with Gasteiger partial charge in [0.1, 0.15) is 12.1 Å². The van der Waals surface area contributed by atoms with Crippen molar-refractivity contribution in [2.24, 2.45) is 0 Å². The Labute approximate surface area is 158 Å². The number of urea groups is 2. The zero-order valence-electron chi connectivity index (χ0n) is 16.2. The first-order chi connectivity index (χ1) is 12.6. The number of nitrogens with one attached hydrogen (secondary N) is 3. The van der Waals surface area contributed by atoms with E-state index < -0.39 is 48.5 Å². The predicted molar refractivity (Wildman–Crippen MR) is 95.6 cm³/mol. The molecule has 1 saturated heterocycles. The minimum absolute atomic E-state index is 0.161. The van der Waals surface area contributed by atoms with E-state index in [0.717, 1.165) is 4.90 Å². The number of imide groups is 2. The molecule has 0 unspecified atom stereocenters. The molecule has 10 heteroatoms. The van der Waals surface area contributed by atoms with E-state index in [-0.39, 0.29) is 6.04 Å². The maximum absolute atomic E-state index is 12.6. The van der Waals surface area contributed by atoms with Crippen molar-refractivity contribution in [1.82, 2.24) is 20.9 Å². The van der Waals surface area contributed by atoms with Gasteiger partial charge in [-0.15, -0.1) is 0 Å². The standard InChI is InChI=1S/C17H28N4O6/c1-5-7-17(8-6-2)14(24)21(16(26)20-17)9-13(23)27-10-12(22)19-15(25)18-11(3)4/h11H,5-10H2,1-4H3,(H,20,26)(H2,18,19,22,25). The van der Waals surface area contributed by atoms with Crippen LogP contribution < -0.4 is 16.0 Å². The maximum atomic E-state index is 12.6. The van der Waals surface area contributed by atoms with Crippen molar-refractivity contribution in [1.29, 1.82) is 0 Å². The normalized spacial score (nSPS) is 15.5. The summed E-state index contributed by atoms with van der Waals surface area (Å²) in [5.74, 6) is -2.19. The van der Waals surface area contributed by atoms with Crippen LogP contribution in [-0.2, 0) is 19.1 Å². The molecule has 1 fully saturated rings. The highest BCUT2D eigenvalue weighted by molar-refractivity contribution is 6.08. The van der Waals surface area contributed by atoms with Crippen molar-refractivity contribution >= 4 is 29.8 Å². The Kier molecular flexibility index (Phi) is 8.20. The third-order valence-corrected chi connectivity index (χ3v) is 3.92. The molecule has 27 heavy (non-hydrogen) atoms. The fourth-order valence-electron chi connectivity index (χ4n) is 2.92. The molecule has 6 amide bonds. The minimum atomic E-state index is -0.993. The van der Waals surface area contributed by atoms with E-state index in [1.165, 1.54) is 0 Å².